The summed E-state index contributed by atoms with van der Waals surface area (Å²) in [7, 11) is 4.43. The number of nitrogens with zero attached hydrogens (tertiary/aromatic N) is 2. The van der Waals surface area contributed by atoms with Gasteiger partial charge in [0, 0.05) is 26.2 Å². The maximum Gasteiger partial charge on any atom is 0.119 e. The van der Waals surface area contributed by atoms with E-state index in [1.165, 1.54) is 26.1 Å². The number of hydrogen-bond donors (Lipinski definition) is 1. The molecule has 1 heterocycles. The Bertz CT molecular complexity index is 424. The van der Waals surface area contributed by atoms with Gasteiger partial charge in [-0.2, -0.15) is 0 Å². The van der Waals surface area contributed by atoms with Crippen molar-refractivity contribution in [3.8, 4) is 5.75 Å². The minimum atomic E-state index is 0.565. The molecule has 1 unspecified atom stereocenters. The Hall–Kier alpha value is -1.10. The van der Waals surface area contributed by atoms with E-state index in [-0.39, 0.29) is 0 Å². The fourth-order valence-corrected chi connectivity index (χ4v) is 2.99. The largest absolute Gasteiger partial charge is 0.494 e. The van der Waals surface area contributed by atoms with Gasteiger partial charge in [0.15, 0.2) is 0 Å². The van der Waals surface area contributed by atoms with Gasteiger partial charge in [-0.15, -0.1) is 0 Å². The molecule has 1 aromatic carbocycles. The average Bonchev–Trinajstić information content (AvgIpc) is 2.89. The third-order valence-electron chi connectivity index (χ3n) is 4.15. The van der Waals surface area contributed by atoms with Crippen molar-refractivity contribution < 1.29 is 4.74 Å². The molecule has 1 aliphatic rings. The Labute approximate surface area is 128 Å². The van der Waals surface area contributed by atoms with Crippen molar-refractivity contribution in [2.24, 2.45) is 11.7 Å². The van der Waals surface area contributed by atoms with Gasteiger partial charge in [0.2, 0.25) is 0 Å². The molecule has 0 bridgehead atoms. The van der Waals surface area contributed by atoms with E-state index in [9.17, 15) is 0 Å². The summed E-state index contributed by atoms with van der Waals surface area (Å²) in [4.78, 5) is 4.86. The van der Waals surface area contributed by atoms with Crippen LogP contribution in [0.3, 0.4) is 0 Å². The van der Waals surface area contributed by atoms with Gasteiger partial charge in [0.1, 0.15) is 5.75 Å². The van der Waals surface area contributed by atoms with Gasteiger partial charge in [0.25, 0.3) is 0 Å². The van der Waals surface area contributed by atoms with E-state index in [0.717, 1.165) is 36.8 Å². The number of ether oxygens (including phenoxy) is 1. The van der Waals surface area contributed by atoms with Crippen LogP contribution < -0.4 is 10.5 Å². The Morgan fingerprint density at radius 2 is 2.29 bits per heavy atom. The lowest BCUT2D eigenvalue weighted by Gasteiger charge is -2.20. The predicted molar refractivity (Wildman–Crippen MR) is 87.5 cm³/mol. The molecular formula is C17H29N3O. The van der Waals surface area contributed by atoms with Crippen molar-refractivity contribution in [2.45, 2.75) is 19.4 Å². The zero-order valence-electron chi connectivity index (χ0n) is 13.4. The molecule has 1 aromatic rings. The number of likely N-dealkylation sites (tertiary alicyclic amines) is 1. The summed E-state index contributed by atoms with van der Waals surface area (Å²) in [5.74, 6) is 1.76. The van der Waals surface area contributed by atoms with Crippen molar-refractivity contribution in [3.05, 3.63) is 29.8 Å². The molecule has 2 N–H and O–H groups in total. The molecule has 2 rings (SSSR count). The first-order chi connectivity index (χ1) is 10.2. The quantitative estimate of drug-likeness (QED) is 0.742. The van der Waals surface area contributed by atoms with Crippen LogP contribution in [-0.2, 0) is 6.54 Å². The maximum absolute atomic E-state index is 5.80. The first kappa shape index (κ1) is 16.3. The second kappa shape index (κ2) is 8.37. The Morgan fingerprint density at radius 3 is 3.00 bits per heavy atom. The van der Waals surface area contributed by atoms with Crippen LogP contribution in [0, 0.1) is 5.92 Å². The maximum atomic E-state index is 5.80. The lowest BCUT2D eigenvalue weighted by molar-refractivity contribution is 0.238. The van der Waals surface area contributed by atoms with E-state index in [1.807, 2.05) is 24.3 Å². The predicted octanol–water partition coefficient (Wildman–Crippen LogP) is 1.80. The number of nitrogens with two attached hydrogens (primary N) is 1. The van der Waals surface area contributed by atoms with Crippen molar-refractivity contribution in [1.29, 1.82) is 0 Å². The monoisotopic (exact) mass is 291 g/mol. The molecule has 1 fully saturated rings. The van der Waals surface area contributed by atoms with Gasteiger partial charge in [-0.25, -0.2) is 0 Å². The number of rotatable bonds is 8. The minimum Gasteiger partial charge on any atom is -0.494 e. The zero-order chi connectivity index (χ0) is 15.1. The van der Waals surface area contributed by atoms with Crippen molar-refractivity contribution >= 4 is 0 Å². The van der Waals surface area contributed by atoms with Crippen LogP contribution in [0.5, 0.6) is 5.75 Å². The molecule has 4 heteroatoms. The molecule has 0 spiro atoms. The summed E-state index contributed by atoms with van der Waals surface area (Å²) in [6.45, 7) is 6.12. The van der Waals surface area contributed by atoms with E-state index in [1.54, 1.807) is 0 Å². The molecule has 0 aromatic heterocycles. The van der Waals surface area contributed by atoms with Crippen LogP contribution in [0.15, 0.2) is 24.3 Å². The van der Waals surface area contributed by atoms with E-state index in [4.69, 9.17) is 10.5 Å². The van der Waals surface area contributed by atoms with Crippen LogP contribution in [0.2, 0.25) is 0 Å². The molecule has 0 aliphatic carbocycles. The molecule has 0 radical (unpaired) electrons. The highest BCUT2D eigenvalue weighted by atomic mass is 16.5. The Morgan fingerprint density at radius 1 is 1.43 bits per heavy atom. The summed E-state index contributed by atoms with van der Waals surface area (Å²) in [5.41, 5.74) is 6.76. The highest BCUT2D eigenvalue weighted by Crippen LogP contribution is 2.15. The molecule has 0 amide bonds. The molecule has 4 nitrogen and oxygen atoms in total. The highest BCUT2D eigenvalue weighted by Gasteiger charge is 2.20. The molecular weight excluding hydrogens is 262 g/mol. The van der Waals surface area contributed by atoms with Gasteiger partial charge in [-0.05, 0) is 57.1 Å². The molecule has 0 saturated carbocycles. The van der Waals surface area contributed by atoms with Crippen molar-refractivity contribution in [1.82, 2.24) is 9.80 Å². The van der Waals surface area contributed by atoms with Gasteiger partial charge in [0.05, 0.1) is 6.61 Å². The minimum absolute atomic E-state index is 0.565. The van der Waals surface area contributed by atoms with Crippen LogP contribution in [0.25, 0.3) is 0 Å². The number of benzene rings is 1. The summed E-state index contributed by atoms with van der Waals surface area (Å²) in [5, 5.41) is 0. The van der Waals surface area contributed by atoms with Crippen LogP contribution in [-0.4, -0.2) is 56.7 Å². The van der Waals surface area contributed by atoms with Crippen LogP contribution >= 0.6 is 0 Å². The second-order valence-electron chi connectivity index (χ2n) is 6.23. The summed E-state index contributed by atoms with van der Waals surface area (Å²) < 4.78 is 5.80. The van der Waals surface area contributed by atoms with Gasteiger partial charge in [-0.3, -0.25) is 0 Å². The second-order valence-corrected chi connectivity index (χ2v) is 6.23. The van der Waals surface area contributed by atoms with Gasteiger partial charge < -0.3 is 20.3 Å². The smallest absolute Gasteiger partial charge is 0.119 e. The van der Waals surface area contributed by atoms with E-state index >= 15 is 0 Å². The van der Waals surface area contributed by atoms with Gasteiger partial charge >= 0.3 is 0 Å². The zero-order valence-corrected chi connectivity index (χ0v) is 13.4. The Kier molecular flexibility index (Phi) is 6.49. The molecule has 1 aliphatic heterocycles. The van der Waals surface area contributed by atoms with Crippen LogP contribution in [0.1, 0.15) is 18.4 Å². The standard InChI is InChI=1S/C17H29N3O/c1-19(13-16-7-9-20(2)14-16)8-4-10-21-17-6-3-5-15(11-17)12-18/h3,5-6,11,16H,4,7-10,12-14,18H2,1-2H3. The molecule has 1 saturated heterocycles. The van der Waals surface area contributed by atoms with E-state index < -0.39 is 0 Å². The average molecular weight is 291 g/mol. The number of hydrogen-bond acceptors (Lipinski definition) is 4. The van der Waals surface area contributed by atoms with Crippen molar-refractivity contribution in [2.75, 3.05) is 46.9 Å². The SMILES string of the molecule is CN(CCCOc1cccc(CN)c1)CC1CCN(C)C1. The fraction of sp³-hybridized carbons (Fsp3) is 0.647. The highest BCUT2D eigenvalue weighted by molar-refractivity contribution is 5.28. The van der Waals surface area contributed by atoms with Crippen molar-refractivity contribution in [3.63, 3.8) is 0 Å². The summed E-state index contributed by atoms with van der Waals surface area (Å²) in [6, 6.07) is 8.05. The fourth-order valence-electron chi connectivity index (χ4n) is 2.99. The first-order valence-corrected chi connectivity index (χ1v) is 7.96. The normalized spacial score (nSPS) is 19.3. The summed E-state index contributed by atoms with van der Waals surface area (Å²) in [6.07, 6.45) is 2.40. The topological polar surface area (TPSA) is 41.7 Å². The third-order valence-corrected chi connectivity index (χ3v) is 4.15. The lowest BCUT2D eigenvalue weighted by atomic mass is 10.1. The molecule has 118 valence electrons. The van der Waals surface area contributed by atoms with Crippen LogP contribution in [0.4, 0.5) is 0 Å². The molecule has 1 atom stereocenters. The Balaban J connectivity index is 1.60. The van der Waals surface area contributed by atoms with Gasteiger partial charge in [-0.1, -0.05) is 12.1 Å². The van der Waals surface area contributed by atoms with E-state index in [2.05, 4.69) is 23.9 Å². The summed E-state index contributed by atoms with van der Waals surface area (Å²) >= 11 is 0. The van der Waals surface area contributed by atoms with E-state index in [0.29, 0.717) is 6.54 Å². The lowest BCUT2D eigenvalue weighted by Crippen LogP contribution is -2.29. The molecule has 21 heavy (non-hydrogen) atoms. The first-order valence-electron chi connectivity index (χ1n) is 7.96. The third kappa shape index (κ3) is 5.65.